The quantitative estimate of drug-likeness (QED) is 0.674. The Morgan fingerprint density at radius 1 is 1.75 bits per heavy atom. The minimum Gasteiger partial charge on any atom is -0.506 e. The van der Waals surface area contributed by atoms with Crippen molar-refractivity contribution in [1.82, 2.24) is 4.98 Å². The number of nitrogens with zero attached hydrogens (tertiary/aromatic N) is 1. The van der Waals surface area contributed by atoms with E-state index in [-0.39, 0.29) is 16.5 Å². The Morgan fingerprint density at radius 3 is 2.83 bits per heavy atom. The summed E-state index contributed by atoms with van der Waals surface area (Å²) in [5, 5.41) is 0.225. The standard InChI is InChI=1S/C7H5ClN2O2/c1-9-5-6(12-2)4(8)3-10-7(5)11/h3H,2H3,(H,10,11). The molecule has 12 heavy (non-hydrogen) atoms. The summed E-state index contributed by atoms with van der Waals surface area (Å²) in [6, 6.07) is 0. The van der Waals surface area contributed by atoms with Crippen molar-refractivity contribution in [2.75, 3.05) is 7.11 Å². The van der Waals surface area contributed by atoms with Gasteiger partial charge in [0, 0.05) is 6.20 Å². The highest BCUT2D eigenvalue weighted by molar-refractivity contribution is 6.32. The first kappa shape index (κ1) is 8.62. The Morgan fingerprint density at radius 2 is 2.42 bits per heavy atom. The molecule has 0 aliphatic carbocycles. The topological polar surface area (TPSA) is 46.5 Å². The minimum absolute atomic E-state index is 0.120. The molecule has 0 radical (unpaired) electrons. The van der Waals surface area contributed by atoms with Crippen LogP contribution < -0.4 is 10.3 Å². The van der Waals surface area contributed by atoms with Gasteiger partial charge in [-0.25, -0.2) is 4.85 Å². The van der Waals surface area contributed by atoms with Crippen molar-refractivity contribution in [2.45, 2.75) is 0 Å². The summed E-state index contributed by atoms with van der Waals surface area (Å²) in [5.41, 5.74) is -0.615. The summed E-state index contributed by atoms with van der Waals surface area (Å²) in [6.07, 6.45) is 1.29. The fourth-order valence-electron chi connectivity index (χ4n) is 0.775. The summed E-state index contributed by atoms with van der Waals surface area (Å²) >= 11 is 5.64. The zero-order chi connectivity index (χ0) is 9.14. The first-order chi connectivity index (χ1) is 5.70. The lowest BCUT2D eigenvalue weighted by Gasteiger charge is -2.02. The largest absolute Gasteiger partial charge is 0.506 e. The van der Waals surface area contributed by atoms with Crippen molar-refractivity contribution in [1.29, 1.82) is 0 Å². The Hall–Kier alpha value is -1.47. The first-order valence-corrected chi connectivity index (χ1v) is 3.41. The van der Waals surface area contributed by atoms with E-state index in [2.05, 4.69) is 9.83 Å². The van der Waals surface area contributed by atoms with E-state index < -0.39 is 5.56 Å². The summed E-state index contributed by atoms with van der Waals surface area (Å²) in [5.74, 6) is 0.121. The predicted molar refractivity (Wildman–Crippen MR) is 44.9 cm³/mol. The molecule has 1 N–H and O–H groups in total. The van der Waals surface area contributed by atoms with Gasteiger partial charge in [-0.05, 0) is 0 Å². The number of hydrogen-bond acceptors (Lipinski definition) is 2. The lowest BCUT2D eigenvalue weighted by Crippen LogP contribution is -2.05. The fourth-order valence-corrected chi connectivity index (χ4v) is 0.996. The first-order valence-electron chi connectivity index (χ1n) is 3.03. The van der Waals surface area contributed by atoms with Gasteiger partial charge in [-0.2, -0.15) is 0 Å². The summed E-state index contributed by atoms with van der Waals surface area (Å²) in [4.78, 5) is 16.3. The van der Waals surface area contributed by atoms with Gasteiger partial charge in [0.1, 0.15) is 0 Å². The number of H-pyrrole nitrogens is 1. The van der Waals surface area contributed by atoms with Gasteiger partial charge in [0.05, 0.1) is 18.7 Å². The Kier molecular flexibility index (Phi) is 2.36. The van der Waals surface area contributed by atoms with Gasteiger partial charge in [-0.1, -0.05) is 11.6 Å². The maximum absolute atomic E-state index is 11.0. The number of pyridine rings is 1. The molecule has 1 aromatic heterocycles. The van der Waals surface area contributed by atoms with Crippen LogP contribution >= 0.6 is 11.6 Å². The second-order valence-corrected chi connectivity index (χ2v) is 2.37. The highest BCUT2D eigenvalue weighted by Crippen LogP contribution is 2.30. The van der Waals surface area contributed by atoms with Crippen molar-refractivity contribution in [3.8, 4) is 5.75 Å². The third-order valence-electron chi connectivity index (χ3n) is 1.29. The highest BCUT2D eigenvalue weighted by atomic mass is 35.5. The summed E-state index contributed by atoms with van der Waals surface area (Å²) in [7, 11) is 1.36. The molecule has 0 saturated carbocycles. The molecule has 4 nitrogen and oxygen atoms in total. The van der Waals surface area contributed by atoms with Crippen LogP contribution in [0.1, 0.15) is 0 Å². The zero-order valence-corrected chi connectivity index (χ0v) is 6.97. The predicted octanol–water partition coefficient (Wildman–Crippen LogP) is 1.59. The van der Waals surface area contributed by atoms with Crippen LogP contribution in [0, 0.1) is 6.57 Å². The molecule has 62 valence electrons. The number of methoxy groups -OCH3 is 1. The smallest absolute Gasteiger partial charge is 0.292 e. The van der Waals surface area contributed by atoms with Gasteiger partial charge in [0.2, 0.25) is 0 Å². The Balaban J connectivity index is 3.52. The SMILES string of the molecule is [C-]#[N+]c1c(OC)c(Cl)c[nH]c1=O. The molecule has 0 aromatic carbocycles. The number of rotatable bonds is 1. The molecule has 5 heteroatoms. The second-order valence-electron chi connectivity index (χ2n) is 1.96. The van der Waals surface area contributed by atoms with Gasteiger partial charge in [-0.3, -0.25) is 4.79 Å². The number of nitrogens with one attached hydrogen (secondary N) is 1. The number of hydrogen-bond donors (Lipinski definition) is 1. The summed E-state index contributed by atoms with van der Waals surface area (Å²) in [6.45, 7) is 6.69. The highest BCUT2D eigenvalue weighted by Gasteiger charge is 2.11. The van der Waals surface area contributed by atoms with Crippen LogP contribution in [0.3, 0.4) is 0 Å². The lowest BCUT2D eigenvalue weighted by molar-refractivity contribution is 0.416. The normalized spacial score (nSPS) is 9.08. The number of aromatic nitrogens is 1. The molecule has 0 bridgehead atoms. The van der Waals surface area contributed by atoms with E-state index in [4.69, 9.17) is 22.9 Å². The van der Waals surface area contributed by atoms with Crippen LogP contribution in [0.4, 0.5) is 5.69 Å². The van der Waals surface area contributed by atoms with Crippen LogP contribution in [0.5, 0.6) is 5.75 Å². The van der Waals surface area contributed by atoms with Gasteiger partial charge >= 0.3 is 0 Å². The van der Waals surface area contributed by atoms with Gasteiger partial charge in [-0.15, -0.1) is 0 Å². The lowest BCUT2D eigenvalue weighted by atomic mass is 10.4. The average molecular weight is 185 g/mol. The third-order valence-corrected chi connectivity index (χ3v) is 1.57. The van der Waals surface area contributed by atoms with Crippen molar-refractivity contribution in [3.05, 3.63) is 33.0 Å². The average Bonchev–Trinajstić information content (AvgIpc) is 2.08. The van der Waals surface area contributed by atoms with Crippen LogP contribution in [-0.2, 0) is 0 Å². The second kappa shape index (κ2) is 3.28. The summed E-state index contributed by atoms with van der Waals surface area (Å²) < 4.78 is 4.78. The molecule has 0 aliphatic rings. The van der Waals surface area contributed by atoms with E-state index >= 15 is 0 Å². The van der Waals surface area contributed by atoms with Crippen LogP contribution in [0.25, 0.3) is 4.85 Å². The number of ether oxygens (including phenoxy) is 1. The Labute approximate surface area is 73.6 Å². The van der Waals surface area contributed by atoms with E-state index in [0.717, 1.165) is 0 Å². The molecule has 1 aromatic rings. The van der Waals surface area contributed by atoms with Crippen LogP contribution in [0.15, 0.2) is 11.0 Å². The van der Waals surface area contributed by atoms with Gasteiger partial charge in [0.25, 0.3) is 11.2 Å². The molecular formula is C7H5ClN2O2. The van der Waals surface area contributed by atoms with Crippen molar-refractivity contribution >= 4 is 17.3 Å². The number of aromatic amines is 1. The van der Waals surface area contributed by atoms with E-state index in [0.29, 0.717) is 0 Å². The molecule has 1 rings (SSSR count). The maximum Gasteiger partial charge on any atom is 0.292 e. The molecule has 0 amide bonds. The molecular weight excluding hydrogens is 180 g/mol. The van der Waals surface area contributed by atoms with Gasteiger partial charge < -0.3 is 9.72 Å². The molecule has 0 unspecified atom stereocenters. The van der Waals surface area contributed by atoms with Crippen molar-refractivity contribution in [2.24, 2.45) is 0 Å². The van der Waals surface area contributed by atoms with Crippen LogP contribution in [-0.4, -0.2) is 12.1 Å². The van der Waals surface area contributed by atoms with Crippen molar-refractivity contribution in [3.63, 3.8) is 0 Å². The van der Waals surface area contributed by atoms with Crippen molar-refractivity contribution < 1.29 is 4.74 Å². The molecule has 0 saturated heterocycles. The fraction of sp³-hybridized carbons (Fsp3) is 0.143. The number of halogens is 1. The van der Waals surface area contributed by atoms with E-state index in [1.54, 1.807) is 0 Å². The molecule has 0 spiro atoms. The molecule has 1 heterocycles. The van der Waals surface area contributed by atoms with Gasteiger partial charge in [0.15, 0.2) is 5.75 Å². The Bertz CT molecular complexity index is 391. The van der Waals surface area contributed by atoms with E-state index in [1.165, 1.54) is 13.3 Å². The van der Waals surface area contributed by atoms with Crippen LogP contribution in [0.2, 0.25) is 5.02 Å². The zero-order valence-electron chi connectivity index (χ0n) is 6.22. The van der Waals surface area contributed by atoms with E-state index in [1.807, 2.05) is 0 Å². The molecule has 0 atom stereocenters. The molecule has 0 fully saturated rings. The third kappa shape index (κ3) is 1.27. The van der Waals surface area contributed by atoms with E-state index in [9.17, 15) is 4.79 Å². The maximum atomic E-state index is 11.0. The minimum atomic E-state index is -0.494. The molecule has 0 aliphatic heterocycles. The monoisotopic (exact) mass is 184 g/mol.